The zero-order valence-corrected chi connectivity index (χ0v) is 8.11. The SMILES string of the molecule is CC1(C)C=Cc2cnc(C#N)cc2O1. The lowest BCUT2D eigenvalue weighted by Gasteiger charge is -2.27. The van der Waals surface area contributed by atoms with Gasteiger partial charge in [0.15, 0.2) is 0 Å². The maximum Gasteiger partial charge on any atom is 0.144 e. The van der Waals surface area contributed by atoms with Crippen LogP contribution in [0.15, 0.2) is 18.3 Å². The smallest absolute Gasteiger partial charge is 0.144 e. The summed E-state index contributed by atoms with van der Waals surface area (Å²) < 4.78 is 5.68. The summed E-state index contributed by atoms with van der Waals surface area (Å²) in [7, 11) is 0. The third-order valence-corrected chi connectivity index (χ3v) is 2.05. The standard InChI is InChI=1S/C11H10N2O/c1-11(2)4-3-8-7-13-9(6-12)5-10(8)14-11/h3-5,7H,1-2H3. The van der Waals surface area contributed by atoms with E-state index in [1.165, 1.54) is 0 Å². The Labute approximate surface area is 82.7 Å². The summed E-state index contributed by atoms with van der Waals surface area (Å²) in [5, 5.41) is 8.68. The van der Waals surface area contributed by atoms with Crippen LogP contribution >= 0.6 is 0 Å². The highest BCUT2D eigenvalue weighted by atomic mass is 16.5. The summed E-state index contributed by atoms with van der Waals surface area (Å²) in [5.74, 6) is 0.726. The highest BCUT2D eigenvalue weighted by Crippen LogP contribution is 2.30. The topological polar surface area (TPSA) is 45.9 Å². The fourth-order valence-corrected chi connectivity index (χ4v) is 1.33. The van der Waals surface area contributed by atoms with Gasteiger partial charge in [0.05, 0.1) is 0 Å². The summed E-state index contributed by atoms with van der Waals surface area (Å²) in [6.45, 7) is 3.94. The highest BCUT2D eigenvalue weighted by Gasteiger charge is 2.21. The largest absolute Gasteiger partial charge is 0.483 e. The van der Waals surface area contributed by atoms with Gasteiger partial charge in [-0.2, -0.15) is 5.26 Å². The predicted octanol–water partition coefficient (Wildman–Crippen LogP) is 2.14. The Hall–Kier alpha value is -1.82. The highest BCUT2D eigenvalue weighted by molar-refractivity contribution is 5.60. The number of nitriles is 1. The molecular formula is C11H10N2O. The predicted molar refractivity (Wildman–Crippen MR) is 52.7 cm³/mol. The van der Waals surface area contributed by atoms with Gasteiger partial charge in [0.1, 0.15) is 23.1 Å². The van der Waals surface area contributed by atoms with Crippen LogP contribution in [-0.2, 0) is 0 Å². The second-order valence-electron chi connectivity index (χ2n) is 3.76. The number of nitrogens with zero attached hydrogens (tertiary/aromatic N) is 2. The molecule has 3 heteroatoms. The summed E-state index contributed by atoms with van der Waals surface area (Å²) in [6, 6.07) is 3.66. The zero-order valence-electron chi connectivity index (χ0n) is 8.11. The van der Waals surface area contributed by atoms with Crippen LogP contribution < -0.4 is 4.74 Å². The molecule has 0 spiro atoms. The van der Waals surface area contributed by atoms with Crippen LogP contribution in [-0.4, -0.2) is 10.6 Å². The number of hydrogen-bond donors (Lipinski definition) is 0. The van der Waals surface area contributed by atoms with Crippen molar-refractivity contribution in [1.82, 2.24) is 4.98 Å². The Kier molecular flexibility index (Phi) is 1.78. The molecule has 70 valence electrons. The minimum atomic E-state index is -0.304. The molecule has 1 aliphatic heterocycles. The van der Waals surface area contributed by atoms with Gasteiger partial charge < -0.3 is 4.74 Å². The van der Waals surface area contributed by atoms with Crippen molar-refractivity contribution in [2.75, 3.05) is 0 Å². The number of fused-ring (bicyclic) bond motifs is 1. The van der Waals surface area contributed by atoms with E-state index in [1.54, 1.807) is 12.3 Å². The number of rotatable bonds is 0. The molecule has 0 radical (unpaired) electrons. The first-order valence-corrected chi connectivity index (χ1v) is 4.39. The Balaban J connectivity index is 2.49. The van der Waals surface area contributed by atoms with Crippen LogP contribution in [0.3, 0.4) is 0 Å². The van der Waals surface area contributed by atoms with Crippen molar-refractivity contribution in [3.8, 4) is 11.8 Å². The maximum atomic E-state index is 8.68. The first kappa shape index (κ1) is 8.76. The van der Waals surface area contributed by atoms with Crippen molar-refractivity contribution >= 4 is 6.08 Å². The minimum absolute atomic E-state index is 0.304. The number of pyridine rings is 1. The van der Waals surface area contributed by atoms with Crippen molar-refractivity contribution in [2.24, 2.45) is 0 Å². The first-order chi connectivity index (χ1) is 6.61. The first-order valence-electron chi connectivity index (χ1n) is 4.39. The molecule has 0 bridgehead atoms. The Morgan fingerprint density at radius 3 is 3.00 bits per heavy atom. The van der Waals surface area contributed by atoms with E-state index in [9.17, 15) is 0 Å². The molecule has 2 rings (SSSR count). The molecule has 0 saturated heterocycles. The van der Waals surface area contributed by atoms with Gasteiger partial charge >= 0.3 is 0 Å². The average Bonchev–Trinajstić information content (AvgIpc) is 2.15. The Morgan fingerprint density at radius 1 is 1.50 bits per heavy atom. The minimum Gasteiger partial charge on any atom is -0.483 e. The van der Waals surface area contributed by atoms with Crippen LogP contribution in [0.4, 0.5) is 0 Å². The summed E-state index contributed by atoms with van der Waals surface area (Å²) in [5.41, 5.74) is 0.999. The second kappa shape index (κ2) is 2.85. The van der Waals surface area contributed by atoms with Crippen LogP contribution in [0.2, 0.25) is 0 Å². The lowest BCUT2D eigenvalue weighted by atomic mass is 10.0. The average molecular weight is 186 g/mol. The third-order valence-electron chi connectivity index (χ3n) is 2.05. The molecule has 1 aliphatic rings. The van der Waals surface area contributed by atoms with Crippen molar-refractivity contribution in [2.45, 2.75) is 19.4 Å². The van der Waals surface area contributed by atoms with E-state index >= 15 is 0 Å². The summed E-state index contributed by atoms with van der Waals surface area (Å²) in [6.07, 6.45) is 5.59. The normalized spacial score (nSPS) is 16.6. The van der Waals surface area contributed by atoms with E-state index in [0.29, 0.717) is 5.69 Å². The molecule has 3 nitrogen and oxygen atoms in total. The van der Waals surface area contributed by atoms with Crippen molar-refractivity contribution in [3.05, 3.63) is 29.6 Å². The van der Waals surface area contributed by atoms with Crippen LogP contribution in [0.5, 0.6) is 5.75 Å². The summed E-state index contributed by atoms with van der Waals surface area (Å²) >= 11 is 0. The van der Waals surface area contributed by atoms with Crippen molar-refractivity contribution in [3.63, 3.8) is 0 Å². The fourth-order valence-electron chi connectivity index (χ4n) is 1.33. The van der Waals surface area contributed by atoms with E-state index in [-0.39, 0.29) is 5.60 Å². The lowest BCUT2D eigenvalue weighted by molar-refractivity contribution is 0.159. The molecular weight excluding hydrogens is 176 g/mol. The van der Waals surface area contributed by atoms with E-state index in [4.69, 9.17) is 10.00 Å². The molecule has 0 amide bonds. The van der Waals surface area contributed by atoms with Gasteiger partial charge in [-0.15, -0.1) is 0 Å². The Bertz CT molecular complexity index is 441. The molecule has 0 atom stereocenters. The lowest BCUT2D eigenvalue weighted by Crippen LogP contribution is -2.27. The second-order valence-corrected chi connectivity index (χ2v) is 3.76. The quantitative estimate of drug-likeness (QED) is 0.623. The van der Waals surface area contributed by atoms with Gasteiger partial charge in [0.2, 0.25) is 0 Å². The third kappa shape index (κ3) is 1.47. The molecule has 1 aromatic rings. The molecule has 0 aromatic carbocycles. The van der Waals surface area contributed by atoms with Crippen LogP contribution in [0.1, 0.15) is 25.1 Å². The molecule has 2 heterocycles. The molecule has 14 heavy (non-hydrogen) atoms. The molecule has 1 aromatic heterocycles. The van der Waals surface area contributed by atoms with Crippen LogP contribution in [0, 0.1) is 11.3 Å². The van der Waals surface area contributed by atoms with Gasteiger partial charge in [-0.1, -0.05) is 0 Å². The van der Waals surface area contributed by atoms with E-state index in [0.717, 1.165) is 11.3 Å². The fraction of sp³-hybridized carbons (Fsp3) is 0.273. The number of hydrogen-bond acceptors (Lipinski definition) is 3. The molecule has 0 N–H and O–H groups in total. The van der Waals surface area contributed by atoms with Gasteiger partial charge in [0, 0.05) is 17.8 Å². The number of aromatic nitrogens is 1. The van der Waals surface area contributed by atoms with Crippen molar-refractivity contribution in [1.29, 1.82) is 5.26 Å². The van der Waals surface area contributed by atoms with E-state index < -0.39 is 0 Å². The van der Waals surface area contributed by atoms with Gasteiger partial charge in [-0.05, 0) is 26.0 Å². The van der Waals surface area contributed by atoms with Crippen molar-refractivity contribution < 1.29 is 4.74 Å². The van der Waals surface area contributed by atoms with Crippen LogP contribution in [0.25, 0.3) is 6.08 Å². The van der Waals surface area contributed by atoms with Gasteiger partial charge in [-0.3, -0.25) is 0 Å². The Morgan fingerprint density at radius 2 is 2.29 bits per heavy atom. The molecule has 0 unspecified atom stereocenters. The molecule has 0 aliphatic carbocycles. The van der Waals surface area contributed by atoms with Gasteiger partial charge in [-0.25, -0.2) is 4.98 Å². The summed E-state index contributed by atoms with van der Waals surface area (Å²) in [4.78, 5) is 3.97. The molecule has 0 saturated carbocycles. The van der Waals surface area contributed by atoms with Gasteiger partial charge in [0.25, 0.3) is 0 Å². The monoisotopic (exact) mass is 186 g/mol. The van der Waals surface area contributed by atoms with E-state index in [1.807, 2.05) is 32.1 Å². The van der Waals surface area contributed by atoms with E-state index in [2.05, 4.69) is 4.98 Å². The number of ether oxygens (including phenoxy) is 1. The maximum absolute atomic E-state index is 8.68. The zero-order chi connectivity index (χ0) is 10.2. The molecule has 0 fully saturated rings.